The van der Waals surface area contributed by atoms with E-state index in [0.29, 0.717) is 0 Å². The third-order valence-electron chi connectivity index (χ3n) is 2.57. The molecule has 3 heteroatoms. The highest BCUT2D eigenvalue weighted by Crippen LogP contribution is 2.21. The zero-order valence-corrected chi connectivity index (χ0v) is 10.8. The van der Waals surface area contributed by atoms with Crippen molar-refractivity contribution in [3.05, 3.63) is 53.9 Å². The van der Waals surface area contributed by atoms with Crippen molar-refractivity contribution in [3.63, 3.8) is 0 Å². The Labute approximate surface area is 108 Å². The number of ether oxygens (including phenoxy) is 1. The van der Waals surface area contributed by atoms with Gasteiger partial charge in [0.05, 0.1) is 6.20 Å². The van der Waals surface area contributed by atoms with Crippen LogP contribution in [0.1, 0.15) is 18.1 Å². The summed E-state index contributed by atoms with van der Waals surface area (Å²) in [6, 6.07) is 10.0. The second-order valence-corrected chi connectivity index (χ2v) is 4.23. The largest absolute Gasteiger partial charge is 0.456 e. The highest BCUT2D eigenvalue weighted by Gasteiger charge is 2.00. The van der Waals surface area contributed by atoms with E-state index in [4.69, 9.17) is 4.74 Å². The van der Waals surface area contributed by atoms with Crippen LogP contribution in [0.4, 0.5) is 0 Å². The van der Waals surface area contributed by atoms with Crippen molar-refractivity contribution < 1.29 is 4.74 Å². The molecule has 0 amide bonds. The second-order valence-electron chi connectivity index (χ2n) is 4.23. The molecule has 2 aromatic rings. The molecular formula is C15H18N2O. The van der Waals surface area contributed by atoms with Crippen LogP contribution in [0.25, 0.3) is 0 Å². The van der Waals surface area contributed by atoms with Crippen LogP contribution in [0, 0.1) is 6.92 Å². The lowest BCUT2D eigenvalue weighted by molar-refractivity contribution is 0.478. The Kier molecular flexibility index (Phi) is 4.31. The average molecular weight is 242 g/mol. The second kappa shape index (κ2) is 6.17. The normalized spacial score (nSPS) is 10.3. The molecule has 1 N–H and O–H groups in total. The van der Waals surface area contributed by atoms with E-state index in [-0.39, 0.29) is 0 Å². The van der Waals surface area contributed by atoms with Crippen molar-refractivity contribution >= 4 is 0 Å². The van der Waals surface area contributed by atoms with Gasteiger partial charge in [0.15, 0.2) is 0 Å². The minimum absolute atomic E-state index is 0.774. The Balaban J connectivity index is 2.09. The van der Waals surface area contributed by atoms with Crippen LogP contribution >= 0.6 is 0 Å². The fourth-order valence-corrected chi connectivity index (χ4v) is 1.70. The van der Waals surface area contributed by atoms with Crippen LogP contribution in [0.15, 0.2) is 42.7 Å². The van der Waals surface area contributed by atoms with Crippen LogP contribution in [-0.2, 0) is 6.54 Å². The van der Waals surface area contributed by atoms with Gasteiger partial charge in [0, 0.05) is 12.7 Å². The van der Waals surface area contributed by atoms with Gasteiger partial charge in [-0.1, -0.05) is 19.1 Å². The Morgan fingerprint density at radius 1 is 1.17 bits per heavy atom. The van der Waals surface area contributed by atoms with Crippen LogP contribution in [0.5, 0.6) is 11.5 Å². The fraction of sp³-hybridized carbons (Fsp3) is 0.267. The Bertz CT molecular complexity index is 511. The van der Waals surface area contributed by atoms with Crippen LogP contribution < -0.4 is 10.1 Å². The van der Waals surface area contributed by atoms with Gasteiger partial charge in [-0.25, -0.2) is 0 Å². The smallest absolute Gasteiger partial charge is 0.146 e. The van der Waals surface area contributed by atoms with E-state index in [2.05, 4.69) is 17.2 Å². The summed E-state index contributed by atoms with van der Waals surface area (Å²) in [6.45, 7) is 5.89. The molecule has 0 saturated heterocycles. The van der Waals surface area contributed by atoms with Crippen molar-refractivity contribution in [2.24, 2.45) is 0 Å². The number of nitrogens with zero attached hydrogens (tertiary/aromatic N) is 1. The van der Waals surface area contributed by atoms with E-state index < -0.39 is 0 Å². The summed E-state index contributed by atoms with van der Waals surface area (Å²) in [5.41, 5.74) is 2.31. The van der Waals surface area contributed by atoms with E-state index in [0.717, 1.165) is 30.2 Å². The first kappa shape index (κ1) is 12.6. The van der Waals surface area contributed by atoms with E-state index in [1.807, 2.05) is 43.5 Å². The molecule has 0 unspecified atom stereocenters. The van der Waals surface area contributed by atoms with E-state index in [1.165, 1.54) is 5.56 Å². The SMILES string of the molecule is CCNCc1cncc(Oc2cccc(C)c2)c1. The summed E-state index contributed by atoms with van der Waals surface area (Å²) >= 11 is 0. The maximum atomic E-state index is 5.79. The van der Waals surface area contributed by atoms with Crippen molar-refractivity contribution in [3.8, 4) is 11.5 Å². The van der Waals surface area contributed by atoms with Gasteiger partial charge in [0.25, 0.3) is 0 Å². The number of benzene rings is 1. The first-order valence-electron chi connectivity index (χ1n) is 6.17. The first-order chi connectivity index (χ1) is 8.78. The summed E-state index contributed by atoms with van der Waals surface area (Å²) in [6.07, 6.45) is 3.59. The minimum Gasteiger partial charge on any atom is -0.456 e. The van der Waals surface area contributed by atoms with Gasteiger partial charge < -0.3 is 10.1 Å². The van der Waals surface area contributed by atoms with Gasteiger partial charge >= 0.3 is 0 Å². The molecule has 0 aliphatic heterocycles. The van der Waals surface area contributed by atoms with Gasteiger partial charge in [-0.3, -0.25) is 4.98 Å². The molecule has 1 aromatic carbocycles. The molecule has 0 fully saturated rings. The molecule has 0 radical (unpaired) electrons. The number of nitrogens with one attached hydrogen (secondary N) is 1. The van der Waals surface area contributed by atoms with Gasteiger partial charge in [0.1, 0.15) is 11.5 Å². The quantitative estimate of drug-likeness (QED) is 0.873. The van der Waals surface area contributed by atoms with Crippen molar-refractivity contribution in [2.45, 2.75) is 20.4 Å². The average Bonchev–Trinajstić information content (AvgIpc) is 2.37. The number of aromatic nitrogens is 1. The van der Waals surface area contributed by atoms with E-state index >= 15 is 0 Å². The maximum Gasteiger partial charge on any atom is 0.146 e. The number of pyridine rings is 1. The molecule has 18 heavy (non-hydrogen) atoms. The molecule has 0 bridgehead atoms. The molecule has 94 valence electrons. The van der Waals surface area contributed by atoms with Crippen molar-refractivity contribution in [1.29, 1.82) is 0 Å². The molecule has 0 aliphatic rings. The highest BCUT2D eigenvalue weighted by atomic mass is 16.5. The van der Waals surface area contributed by atoms with Gasteiger partial charge in [-0.15, -0.1) is 0 Å². The molecule has 3 nitrogen and oxygen atoms in total. The molecule has 0 saturated carbocycles. The molecule has 0 atom stereocenters. The summed E-state index contributed by atoms with van der Waals surface area (Å²) in [7, 11) is 0. The third-order valence-corrected chi connectivity index (χ3v) is 2.57. The van der Waals surface area contributed by atoms with Gasteiger partial charge in [-0.05, 0) is 42.8 Å². The lowest BCUT2D eigenvalue weighted by atomic mass is 10.2. The number of hydrogen-bond acceptors (Lipinski definition) is 3. The maximum absolute atomic E-state index is 5.79. The van der Waals surface area contributed by atoms with Crippen LogP contribution in [-0.4, -0.2) is 11.5 Å². The zero-order chi connectivity index (χ0) is 12.8. The van der Waals surface area contributed by atoms with Crippen LogP contribution in [0.2, 0.25) is 0 Å². The molecular weight excluding hydrogens is 224 g/mol. The third kappa shape index (κ3) is 3.57. The zero-order valence-electron chi connectivity index (χ0n) is 10.8. The van der Waals surface area contributed by atoms with Crippen molar-refractivity contribution in [1.82, 2.24) is 10.3 Å². The predicted octanol–water partition coefficient (Wildman–Crippen LogP) is 3.29. The first-order valence-corrected chi connectivity index (χ1v) is 6.17. The number of hydrogen-bond donors (Lipinski definition) is 1. The summed E-state index contributed by atoms with van der Waals surface area (Å²) in [5, 5.41) is 3.27. The molecule has 1 aromatic heterocycles. The Morgan fingerprint density at radius 3 is 2.83 bits per heavy atom. The van der Waals surface area contributed by atoms with Gasteiger partial charge in [-0.2, -0.15) is 0 Å². The Morgan fingerprint density at radius 2 is 2.06 bits per heavy atom. The van der Waals surface area contributed by atoms with Crippen molar-refractivity contribution in [2.75, 3.05) is 6.54 Å². The molecule has 0 spiro atoms. The van der Waals surface area contributed by atoms with E-state index in [9.17, 15) is 0 Å². The summed E-state index contributed by atoms with van der Waals surface area (Å²) < 4.78 is 5.79. The molecule has 1 heterocycles. The molecule has 2 rings (SSSR count). The minimum atomic E-state index is 0.774. The van der Waals surface area contributed by atoms with E-state index in [1.54, 1.807) is 6.20 Å². The standard InChI is InChI=1S/C15H18N2O/c1-3-16-9-13-8-15(11-17-10-13)18-14-6-4-5-12(2)7-14/h4-8,10-11,16H,3,9H2,1-2H3. The highest BCUT2D eigenvalue weighted by molar-refractivity contribution is 5.33. The summed E-state index contributed by atoms with van der Waals surface area (Å²) in [4.78, 5) is 4.19. The van der Waals surface area contributed by atoms with Crippen LogP contribution in [0.3, 0.4) is 0 Å². The number of aryl methyl sites for hydroxylation is 1. The fourth-order valence-electron chi connectivity index (χ4n) is 1.70. The predicted molar refractivity (Wildman–Crippen MR) is 72.9 cm³/mol. The number of rotatable bonds is 5. The summed E-state index contributed by atoms with van der Waals surface area (Å²) in [5.74, 6) is 1.62. The Hall–Kier alpha value is -1.87. The topological polar surface area (TPSA) is 34.2 Å². The monoisotopic (exact) mass is 242 g/mol. The van der Waals surface area contributed by atoms with Gasteiger partial charge in [0.2, 0.25) is 0 Å². The lowest BCUT2D eigenvalue weighted by Gasteiger charge is -2.08. The lowest BCUT2D eigenvalue weighted by Crippen LogP contribution is -2.11. The molecule has 0 aliphatic carbocycles.